The van der Waals surface area contributed by atoms with Gasteiger partial charge in [0.1, 0.15) is 0 Å². The number of carbonyl (C=O) groups is 3. The normalized spacial score (nSPS) is 16.2. The Bertz CT molecular complexity index is 698. The van der Waals surface area contributed by atoms with Crippen LogP contribution in [-0.2, 0) is 9.59 Å². The number of imide groups is 1. The van der Waals surface area contributed by atoms with E-state index in [9.17, 15) is 24.5 Å². The molecule has 1 N–H and O–H groups in total. The summed E-state index contributed by atoms with van der Waals surface area (Å²) < 4.78 is 0. The fourth-order valence-corrected chi connectivity index (χ4v) is 2.79. The molecular formula is C14H12N2O6S. The quantitative estimate of drug-likeness (QED) is 0.481. The number of nitro benzene ring substituents is 1. The Morgan fingerprint density at radius 3 is 2.52 bits per heavy atom. The lowest BCUT2D eigenvalue weighted by atomic mass is 10.2. The van der Waals surface area contributed by atoms with Crippen LogP contribution < -0.4 is 0 Å². The van der Waals surface area contributed by atoms with E-state index in [1.54, 1.807) is 0 Å². The number of nitro groups is 1. The van der Waals surface area contributed by atoms with Crippen LogP contribution in [-0.4, -0.2) is 38.6 Å². The van der Waals surface area contributed by atoms with Crippen LogP contribution in [0.2, 0.25) is 0 Å². The summed E-state index contributed by atoms with van der Waals surface area (Å²) >= 11 is 0.763. The molecule has 0 radical (unpaired) electrons. The molecule has 1 heterocycles. The van der Waals surface area contributed by atoms with E-state index in [1.807, 2.05) is 0 Å². The van der Waals surface area contributed by atoms with Crippen molar-refractivity contribution in [2.75, 3.05) is 6.54 Å². The number of carbonyl (C=O) groups excluding carboxylic acids is 2. The number of rotatable bonds is 6. The molecule has 0 saturated carbocycles. The number of benzene rings is 1. The van der Waals surface area contributed by atoms with E-state index in [0.29, 0.717) is 5.56 Å². The summed E-state index contributed by atoms with van der Waals surface area (Å²) in [6.07, 6.45) is 1.55. The second-order valence-electron chi connectivity index (χ2n) is 4.68. The minimum absolute atomic E-state index is 0.0502. The second kappa shape index (κ2) is 7.05. The van der Waals surface area contributed by atoms with Gasteiger partial charge in [-0.2, -0.15) is 0 Å². The summed E-state index contributed by atoms with van der Waals surface area (Å²) in [7, 11) is 0. The lowest BCUT2D eigenvalue weighted by molar-refractivity contribution is -0.384. The van der Waals surface area contributed by atoms with Gasteiger partial charge in [-0.1, -0.05) is 0 Å². The summed E-state index contributed by atoms with van der Waals surface area (Å²) in [6, 6.07) is 5.58. The Kier molecular flexibility index (Phi) is 5.12. The molecular weight excluding hydrogens is 324 g/mol. The van der Waals surface area contributed by atoms with Crippen molar-refractivity contribution >= 4 is 40.6 Å². The number of non-ortho nitro benzene ring substituents is 1. The van der Waals surface area contributed by atoms with Gasteiger partial charge < -0.3 is 5.11 Å². The Hall–Kier alpha value is -2.68. The molecule has 2 amide bonds. The highest BCUT2D eigenvalue weighted by molar-refractivity contribution is 8.18. The first-order valence-electron chi connectivity index (χ1n) is 6.60. The first-order chi connectivity index (χ1) is 10.9. The van der Waals surface area contributed by atoms with Gasteiger partial charge in [-0.05, 0) is 42.0 Å². The largest absolute Gasteiger partial charge is 0.481 e. The maximum atomic E-state index is 12.1. The number of aliphatic carboxylic acids is 1. The van der Waals surface area contributed by atoms with Gasteiger partial charge in [0.15, 0.2) is 0 Å². The molecule has 2 rings (SSSR count). The van der Waals surface area contributed by atoms with Gasteiger partial charge in [-0.15, -0.1) is 0 Å². The van der Waals surface area contributed by atoms with Crippen LogP contribution in [0.4, 0.5) is 10.5 Å². The molecule has 8 nitrogen and oxygen atoms in total. The van der Waals surface area contributed by atoms with Gasteiger partial charge in [0.05, 0.1) is 9.83 Å². The molecule has 1 saturated heterocycles. The van der Waals surface area contributed by atoms with Crippen molar-refractivity contribution in [3.63, 3.8) is 0 Å². The Balaban J connectivity index is 2.08. The van der Waals surface area contributed by atoms with Crippen LogP contribution in [0.25, 0.3) is 6.08 Å². The minimum Gasteiger partial charge on any atom is -0.481 e. The standard InChI is InChI=1S/C14H12N2O6S/c17-12(18)2-1-7-15-13(19)11(23-14(15)20)8-9-3-5-10(6-4-9)16(21)22/h3-6,8H,1-2,7H2,(H,17,18)/b11-8-. The van der Waals surface area contributed by atoms with Crippen molar-refractivity contribution in [1.82, 2.24) is 4.90 Å². The highest BCUT2D eigenvalue weighted by atomic mass is 32.2. The molecule has 0 unspecified atom stereocenters. The molecule has 0 atom stereocenters. The van der Waals surface area contributed by atoms with Gasteiger partial charge in [0, 0.05) is 25.1 Å². The highest BCUT2D eigenvalue weighted by Crippen LogP contribution is 2.32. The molecule has 1 aromatic rings. The predicted molar refractivity (Wildman–Crippen MR) is 82.6 cm³/mol. The number of amides is 2. The molecule has 23 heavy (non-hydrogen) atoms. The van der Waals surface area contributed by atoms with Crippen LogP contribution in [0.5, 0.6) is 0 Å². The molecule has 9 heteroatoms. The van der Waals surface area contributed by atoms with Crippen molar-refractivity contribution in [2.24, 2.45) is 0 Å². The molecule has 1 aliphatic rings. The SMILES string of the molecule is O=C(O)CCCN1C(=O)S/C(=C\c2ccc([N+](=O)[O-])cc2)C1=O. The van der Waals surface area contributed by atoms with Gasteiger partial charge in [0.25, 0.3) is 16.8 Å². The lowest BCUT2D eigenvalue weighted by Crippen LogP contribution is -2.29. The van der Waals surface area contributed by atoms with Gasteiger partial charge in [0.2, 0.25) is 0 Å². The average molecular weight is 336 g/mol. The van der Waals surface area contributed by atoms with E-state index < -0.39 is 22.0 Å². The van der Waals surface area contributed by atoms with Crippen molar-refractivity contribution in [3.05, 3.63) is 44.8 Å². The van der Waals surface area contributed by atoms with Crippen molar-refractivity contribution in [3.8, 4) is 0 Å². The summed E-state index contributed by atoms with van der Waals surface area (Å²) in [4.78, 5) is 45.7. The maximum Gasteiger partial charge on any atom is 0.303 e. The topological polar surface area (TPSA) is 118 Å². The fourth-order valence-electron chi connectivity index (χ4n) is 1.92. The molecule has 1 aliphatic heterocycles. The van der Waals surface area contributed by atoms with Crippen LogP contribution in [0.15, 0.2) is 29.2 Å². The fraction of sp³-hybridized carbons (Fsp3) is 0.214. The third kappa shape index (κ3) is 4.16. The predicted octanol–water partition coefficient (Wildman–Crippen LogP) is 2.50. The molecule has 1 fully saturated rings. The Morgan fingerprint density at radius 1 is 1.30 bits per heavy atom. The van der Waals surface area contributed by atoms with E-state index in [0.717, 1.165) is 16.7 Å². The van der Waals surface area contributed by atoms with E-state index in [4.69, 9.17) is 5.11 Å². The van der Waals surface area contributed by atoms with Gasteiger partial charge in [-0.3, -0.25) is 29.4 Å². The molecule has 0 spiro atoms. The van der Waals surface area contributed by atoms with Gasteiger partial charge in [-0.25, -0.2) is 0 Å². The van der Waals surface area contributed by atoms with Crippen molar-refractivity contribution in [2.45, 2.75) is 12.8 Å². The number of carboxylic acids is 1. The van der Waals surface area contributed by atoms with Crippen LogP contribution >= 0.6 is 11.8 Å². The summed E-state index contributed by atoms with van der Waals surface area (Å²) in [6.45, 7) is 0.0502. The lowest BCUT2D eigenvalue weighted by Gasteiger charge is -2.10. The molecule has 1 aromatic carbocycles. The number of hydrogen-bond donors (Lipinski definition) is 1. The first-order valence-corrected chi connectivity index (χ1v) is 7.42. The van der Waals surface area contributed by atoms with Crippen molar-refractivity contribution < 1.29 is 24.4 Å². The summed E-state index contributed by atoms with van der Waals surface area (Å²) in [5.74, 6) is -1.47. The monoisotopic (exact) mass is 336 g/mol. The molecule has 0 bridgehead atoms. The third-order valence-electron chi connectivity index (χ3n) is 3.05. The zero-order valence-corrected chi connectivity index (χ0v) is 12.6. The molecule has 120 valence electrons. The smallest absolute Gasteiger partial charge is 0.303 e. The number of nitrogens with zero attached hydrogens (tertiary/aromatic N) is 2. The van der Waals surface area contributed by atoms with Crippen molar-refractivity contribution in [1.29, 1.82) is 0 Å². The zero-order valence-electron chi connectivity index (χ0n) is 11.8. The Morgan fingerprint density at radius 2 is 1.96 bits per heavy atom. The number of hydrogen-bond acceptors (Lipinski definition) is 6. The van der Waals surface area contributed by atoms with Crippen LogP contribution in [0.1, 0.15) is 18.4 Å². The highest BCUT2D eigenvalue weighted by Gasteiger charge is 2.34. The molecule has 0 aliphatic carbocycles. The number of thioether (sulfide) groups is 1. The van der Waals surface area contributed by atoms with Crippen LogP contribution in [0, 0.1) is 10.1 Å². The Labute approximate surface area is 134 Å². The minimum atomic E-state index is -0.988. The van der Waals surface area contributed by atoms with E-state index >= 15 is 0 Å². The molecule has 0 aromatic heterocycles. The van der Waals surface area contributed by atoms with E-state index in [-0.39, 0.29) is 30.0 Å². The van der Waals surface area contributed by atoms with Crippen LogP contribution in [0.3, 0.4) is 0 Å². The van der Waals surface area contributed by atoms with Gasteiger partial charge >= 0.3 is 5.97 Å². The number of carboxylic acid groups (broad SMARTS) is 1. The van der Waals surface area contributed by atoms with E-state index in [2.05, 4.69) is 0 Å². The zero-order chi connectivity index (χ0) is 17.0. The summed E-state index contributed by atoms with van der Waals surface area (Å²) in [5, 5.41) is 18.7. The maximum absolute atomic E-state index is 12.1. The average Bonchev–Trinajstić information content (AvgIpc) is 2.75. The first kappa shape index (κ1) is 16.7. The van der Waals surface area contributed by atoms with E-state index in [1.165, 1.54) is 30.3 Å². The second-order valence-corrected chi connectivity index (χ2v) is 5.67. The third-order valence-corrected chi connectivity index (χ3v) is 3.96. The summed E-state index contributed by atoms with van der Waals surface area (Å²) in [5.41, 5.74) is 0.496.